The Morgan fingerprint density at radius 3 is 3.07 bits per heavy atom. The third-order valence-corrected chi connectivity index (χ3v) is 2.10. The molecule has 0 aliphatic heterocycles. The SMILES string of the molecule is COC(=O)c1ccc2nc(CO)[nH]c2c1. The van der Waals surface area contributed by atoms with Gasteiger partial charge in [-0.15, -0.1) is 0 Å². The standard InChI is InChI=1S/C10H10N2O3/c1-15-10(14)6-2-3-7-8(4-6)12-9(5-13)11-7/h2-4,13H,5H2,1H3,(H,11,12). The molecule has 5 nitrogen and oxygen atoms in total. The summed E-state index contributed by atoms with van der Waals surface area (Å²) in [4.78, 5) is 18.2. The zero-order valence-electron chi connectivity index (χ0n) is 8.15. The zero-order valence-corrected chi connectivity index (χ0v) is 8.15. The number of esters is 1. The van der Waals surface area contributed by atoms with Gasteiger partial charge in [-0.3, -0.25) is 0 Å². The van der Waals surface area contributed by atoms with Crippen LogP contribution < -0.4 is 0 Å². The second-order valence-corrected chi connectivity index (χ2v) is 3.07. The number of nitrogens with zero attached hydrogens (tertiary/aromatic N) is 1. The number of hydrogen-bond donors (Lipinski definition) is 2. The van der Waals surface area contributed by atoms with E-state index in [0.29, 0.717) is 22.4 Å². The third kappa shape index (κ3) is 1.69. The summed E-state index contributed by atoms with van der Waals surface area (Å²) in [6.45, 7) is -0.151. The fraction of sp³-hybridized carbons (Fsp3) is 0.200. The fourth-order valence-electron chi connectivity index (χ4n) is 1.38. The van der Waals surface area contributed by atoms with Crippen molar-refractivity contribution >= 4 is 17.0 Å². The Hall–Kier alpha value is -1.88. The zero-order chi connectivity index (χ0) is 10.8. The van der Waals surface area contributed by atoms with E-state index in [4.69, 9.17) is 5.11 Å². The maximum absolute atomic E-state index is 11.2. The van der Waals surface area contributed by atoms with Crippen molar-refractivity contribution in [1.29, 1.82) is 0 Å². The van der Waals surface area contributed by atoms with E-state index in [9.17, 15) is 4.79 Å². The lowest BCUT2D eigenvalue weighted by molar-refractivity contribution is 0.0601. The van der Waals surface area contributed by atoms with Crippen LogP contribution in [-0.2, 0) is 11.3 Å². The summed E-state index contributed by atoms with van der Waals surface area (Å²) in [7, 11) is 1.33. The van der Waals surface area contributed by atoms with E-state index >= 15 is 0 Å². The van der Waals surface area contributed by atoms with Crippen molar-refractivity contribution in [3.8, 4) is 0 Å². The number of methoxy groups -OCH3 is 1. The highest BCUT2D eigenvalue weighted by atomic mass is 16.5. The van der Waals surface area contributed by atoms with Crippen LogP contribution in [0.4, 0.5) is 0 Å². The molecule has 0 aliphatic rings. The molecule has 0 bridgehead atoms. The summed E-state index contributed by atoms with van der Waals surface area (Å²) in [5.41, 5.74) is 1.88. The van der Waals surface area contributed by atoms with E-state index in [-0.39, 0.29) is 6.61 Å². The molecule has 5 heteroatoms. The molecular formula is C10H10N2O3. The van der Waals surface area contributed by atoms with Gasteiger partial charge in [0.15, 0.2) is 0 Å². The van der Waals surface area contributed by atoms with E-state index in [1.165, 1.54) is 7.11 Å². The summed E-state index contributed by atoms with van der Waals surface area (Å²) < 4.78 is 4.60. The highest BCUT2D eigenvalue weighted by Gasteiger charge is 2.08. The highest BCUT2D eigenvalue weighted by Crippen LogP contribution is 2.14. The maximum Gasteiger partial charge on any atom is 0.337 e. The van der Waals surface area contributed by atoms with E-state index in [1.54, 1.807) is 18.2 Å². The maximum atomic E-state index is 11.2. The number of rotatable bonds is 2. The van der Waals surface area contributed by atoms with Gasteiger partial charge in [-0.2, -0.15) is 0 Å². The normalized spacial score (nSPS) is 10.5. The molecular weight excluding hydrogens is 196 g/mol. The van der Waals surface area contributed by atoms with Gasteiger partial charge in [-0.05, 0) is 18.2 Å². The Morgan fingerprint density at radius 2 is 2.40 bits per heavy atom. The van der Waals surface area contributed by atoms with E-state index < -0.39 is 5.97 Å². The van der Waals surface area contributed by atoms with Gasteiger partial charge < -0.3 is 14.8 Å². The van der Waals surface area contributed by atoms with Crippen molar-refractivity contribution in [2.45, 2.75) is 6.61 Å². The van der Waals surface area contributed by atoms with E-state index in [0.717, 1.165) is 0 Å². The van der Waals surface area contributed by atoms with Crippen LogP contribution in [0.1, 0.15) is 16.2 Å². The summed E-state index contributed by atoms with van der Waals surface area (Å²) in [5.74, 6) is 0.0871. The van der Waals surface area contributed by atoms with Gasteiger partial charge in [-0.1, -0.05) is 0 Å². The van der Waals surface area contributed by atoms with Gasteiger partial charge in [0, 0.05) is 0 Å². The van der Waals surface area contributed by atoms with Crippen molar-refractivity contribution in [1.82, 2.24) is 9.97 Å². The number of aromatic amines is 1. The molecule has 0 atom stereocenters. The van der Waals surface area contributed by atoms with Crippen molar-refractivity contribution in [2.75, 3.05) is 7.11 Å². The van der Waals surface area contributed by atoms with Crippen LogP contribution in [0, 0.1) is 0 Å². The van der Waals surface area contributed by atoms with Crippen molar-refractivity contribution in [2.24, 2.45) is 0 Å². The fourth-order valence-corrected chi connectivity index (χ4v) is 1.38. The van der Waals surface area contributed by atoms with Gasteiger partial charge in [-0.25, -0.2) is 9.78 Å². The molecule has 2 rings (SSSR count). The average molecular weight is 206 g/mol. The molecule has 1 aromatic carbocycles. The molecule has 78 valence electrons. The molecule has 0 fully saturated rings. The van der Waals surface area contributed by atoms with Crippen molar-refractivity contribution in [3.63, 3.8) is 0 Å². The van der Waals surface area contributed by atoms with Gasteiger partial charge in [0.25, 0.3) is 0 Å². The summed E-state index contributed by atoms with van der Waals surface area (Å²) in [6, 6.07) is 4.99. The Morgan fingerprint density at radius 1 is 1.60 bits per heavy atom. The summed E-state index contributed by atoms with van der Waals surface area (Å²) in [5, 5.41) is 8.88. The number of ether oxygens (including phenoxy) is 1. The number of fused-ring (bicyclic) bond motifs is 1. The van der Waals surface area contributed by atoms with Crippen molar-refractivity contribution < 1.29 is 14.6 Å². The minimum Gasteiger partial charge on any atom is -0.465 e. The number of H-pyrrole nitrogens is 1. The monoisotopic (exact) mass is 206 g/mol. The van der Waals surface area contributed by atoms with Gasteiger partial charge >= 0.3 is 5.97 Å². The Labute approximate surface area is 85.7 Å². The van der Waals surface area contributed by atoms with Crippen LogP contribution in [-0.4, -0.2) is 28.2 Å². The second kappa shape index (κ2) is 3.70. The van der Waals surface area contributed by atoms with Crippen LogP contribution in [0.15, 0.2) is 18.2 Å². The minimum atomic E-state index is -0.392. The topological polar surface area (TPSA) is 75.2 Å². The van der Waals surface area contributed by atoms with E-state index in [2.05, 4.69) is 14.7 Å². The first-order valence-corrected chi connectivity index (χ1v) is 4.42. The number of hydrogen-bond acceptors (Lipinski definition) is 4. The molecule has 0 spiro atoms. The molecule has 0 aliphatic carbocycles. The summed E-state index contributed by atoms with van der Waals surface area (Å²) in [6.07, 6.45) is 0. The Kier molecular flexibility index (Phi) is 2.39. The number of benzene rings is 1. The largest absolute Gasteiger partial charge is 0.465 e. The van der Waals surface area contributed by atoms with Crippen LogP contribution in [0.3, 0.4) is 0 Å². The first-order chi connectivity index (χ1) is 7.24. The number of carbonyl (C=O) groups excluding carboxylic acids is 1. The van der Waals surface area contributed by atoms with Gasteiger partial charge in [0.2, 0.25) is 0 Å². The smallest absolute Gasteiger partial charge is 0.337 e. The van der Waals surface area contributed by atoms with Crippen LogP contribution in [0.2, 0.25) is 0 Å². The van der Waals surface area contributed by atoms with E-state index in [1.807, 2.05) is 0 Å². The number of imidazole rings is 1. The quantitative estimate of drug-likeness (QED) is 0.714. The first-order valence-electron chi connectivity index (χ1n) is 4.42. The van der Waals surface area contributed by atoms with Crippen molar-refractivity contribution in [3.05, 3.63) is 29.6 Å². The molecule has 0 saturated heterocycles. The number of aliphatic hydroxyl groups is 1. The molecule has 2 N–H and O–H groups in total. The minimum absolute atomic E-state index is 0.151. The molecule has 1 aromatic heterocycles. The number of carbonyl (C=O) groups is 1. The Balaban J connectivity index is 2.50. The highest BCUT2D eigenvalue weighted by molar-refractivity contribution is 5.93. The molecule has 1 heterocycles. The lowest BCUT2D eigenvalue weighted by Crippen LogP contribution is -2.00. The molecule has 0 amide bonds. The summed E-state index contributed by atoms with van der Waals surface area (Å²) >= 11 is 0. The molecule has 0 unspecified atom stereocenters. The predicted octanol–water partition coefficient (Wildman–Crippen LogP) is 0.842. The van der Waals surface area contributed by atoms with Gasteiger partial charge in [0.05, 0.1) is 23.7 Å². The molecule has 2 aromatic rings. The molecule has 0 radical (unpaired) electrons. The Bertz CT molecular complexity index is 504. The lowest BCUT2D eigenvalue weighted by Gasteiger charge is -1.97. The molecule has 15 heavy (non-hydrogen) atoms. The third-order valence-electron chi connectivity index (χ3n) is 2.10. The van der Waals surface area contributed by atoms with Crippen LogP contribution >= 0.6 is 0 Å². The number of nitrogens with one attached hydrogen (secondary N) is 1. The van der Waals surface area contributed by atoms with Gasteiger partial charge in [0.1, 0.15) is 12.4 Å². The predicted molar refractivity (Wildman–Crippen MR) is 53.4 cm³/mol. The molecule has 0 saturated carbocycles. The van der Waals surface area contributed by atoms with Crippen LogP contribution in [0.5, 0.6) is 0 Å². The average Bonchev–Trinajstić information content (AvgIpc) is 2.69. The number of aliphatic hydroxyl groups excluding tert-OH is 1. The van der Waals surface area contributed by atoms with Crippen LogP contribution in [0.25, 0.3) is 11.0 Å². The second-order valence-electron chi connectivity index (χ2n) is 3.07. The lowest BCUT2D eigenvalue weighted by atomic mass is 10.2. The number of aromatic nitrogens is 2. The first kappa shape index (κ1) is 9.67.